The first-order chi connectivity index (χ1) is 7.39. The largest absolute Gasteiger partial charge is 0.416 e. The summed E-state index contributed by atoms with van der Waals surface area (Å²) < 4.78 is 18.6. The van der Waals surface area contributed by atoms with Crippen LogP contribution < -0.4 is 4.90 Å². The number of hydrogen-bond donors (Lipinski definition) is 0. The molecule has 0 fully saturated rings. The molecule has 1 aliphatic heterocycles. The van der Waals surface area contributed by atoms with Crippen molar-refractivity contribution >= 4 is 11.8 Å². The molecule has 0 aliphatic carbocycles. The van der Waals surface area contributed by atoms with Gasteiger partial charge in [0.1, 0.15) is 0 Å². The van der Waals surface area contributed by atoms with E-state index in [0.29, 0.717) is 5.69 Å². The molecule has 3 nitrogen and oxygen atoms in total. The summed E-state index contributed by atoms with van der Waals surface area (Å²) in [5, 5.41) is 0. The Kier molecular flexibility index (Phi) is 2.37. The van der Waals surface area contributed by atoms with Crippen molar-refractivity contribution in [3.05, 3.63) is 29.3 Å². The number of hydrogen-bond acceptors (Lipinski definition) is 2. The number of carbonyl (C=O) groups is 1. The van der Waals surface area contributed by atoms with Gasteiger partial charge in [-0.05, 0) is 24.1 Å². The average Bonchev–Trinajstić information content (AvgIpc) is 2.25. The van der Waals surface area contributed by atoms with E-state index in [1.54, 1.807) is 7.05 Å². The number of rotatable bonds is 0. The highest BCUT2D eigenvalue weighted by Gasteiger charge is 2.35. The van der Waals surface area contributed by atoms with Crippen molar-refractivity contribution in [2.24, 2.45) is 0 Å². The van der Waals surface area contributed by atoms with Crippen LogP contribution in [0.1, 0.15) is 18.1 Å². The molecule has 1 unspecified atom stereocenters. The number of halogens is 1. The number of aryl methyl sites for hydroxylation is 1. The molecule has 1 aromatic rings. The summed E-state index contributed by atoms with van der Waals surface area (Å²) in [4.78, 5) is 12.9. The predicted octanol–water partition coefficient (Wildman–Crippen LogP) is 2.81. The van der Waals surface area contributed by atoms with Gasteiger partial charge in [-0.2, -0.15) is 4.39 Å². The smallest absolute Gasteiger partial charge is 0.412 e. The molecule has 2 rings (SSSR count). The van der Waals surface area contributed by atoms with Gasteiger partial charge in [0.2, 0.25) is 0 Å². The van der Waals surface area contributed by atoms with Crippen molar-refractivity contribution in [2.75, 3.05) is 11.9 Å². The quantitative estimate of drug-likeness (QED) is 0.676. The van der Waals surface area contributed by atoms with Crippen LogP contribution in [-0.4, -0.2) is 19.0 Å². The van der Waals surface area contributed by atoms with Crippen molar-refractivity contribution < 1.29 is 13.9 Å². The van der Waals surface area contributed by atoms with Crippen LogP contribution >= 0.6 is 0 Å². The zero-order valence-electron chi connectivity index (χ0n) is 9.58. The maximum atomic E-state index is 13.9. The summed E-state index contributed by atoms with van der Waals surface area (Å²) in [7, 11) is 1.59. The lowest BCUT2D eigenvalue weighted by atomic mass is 10.0. The highest BCUT2D eigenvalue weighted by Crippen LogP contribution is 2.32. The molecule has 1 heterocycles. The number of nitrogens with zero attached hydrogens (tertiary/aromatic N) is 1. The van der Waals surface area contributed by atoms with Crippen LogP contribution in [0.5, 0.6) is 0 Å². The average molecular weight is 223 g/mol. The lowest BCUT2D eigenvalue weighted by Gasteiger charge is -2.18. The van der Waals surface area contributed by atoms with E-state index >= 15 is 0 Å². The molecule has 4 heteroatoms. The van der Waals surface area contributed by atoms with Gasteiger partial charge in [0.15, 0.2) is 0 Å². The van der Waals surface area contributed by atoms with Crippen LogP contribution in [0.25, 0.3) is 0 Å². The Morgan fingerprint density at radius 2 is 2.19 bits per heavy atom. The number of cyclic esters (lactones) is 1. The SMILES string of the molecule is Cc1ccc2c(c1)N(C)C(=O)OC(C)(F)C2. The monoisotopic (exact) mass is 223 g/mol. The molecule has 86 valence electrons. The van der Waals surface area contributed by atoms with E-state index in [9.17, 15) is 9.18 Å². The molecule has 0 aromatic heterocycles. The Bertz CT molecular complexity index is 443. The van der Waals surface area contributed by atoms with Gasteiger partial charge in [-0.1, -0.05) is 12.1 Å². The van der Waals surface area contributed by atoms with Crippen molar-refractivity contribution in [3.63, 3.8) is 0 Å². The van der Waals surface area contributed by atoms with E-state index in [-0.39, 0.29) is 6.42 Å². The van der Waals surface area contributed by atoms with Gasteiger partial charge in [0, 0.05) is 20.4 Å². The third-order valence-corrected chi connectivity index (χ3v) is 2.68. The van der Waals surface area contributed by atoms with E-state index < -0.39 is 11.9 Å². The number of fused-ring (bicyclic) bond motifs is 1. The van der Waals surface area contributed by atoms with Crippen LogP contribution in [0.2, 0.25) is 0 Å². The summed E-state index contributed by atoms with van der Waals surface area (Å²) >= 11 is 0. The fourth-order valence-electron chi connectivity index (χ4n) is 1.86. The van der Waals surface area contributed by atoms with Gasteiger partial charge in [0.05, 0.1) is 5.69 Å². The van der Waals surface area contributed by atoms with E-state index in [4.69, 9.17) is 4.74 Å². The number of ether oxygens (including phenoxy) is 1. The summed E-state index contributed by atoms with van der Waals surface area (Å²) in [6.45, 7) is 3.20. The van der Waals surface area contributed by atoms with Gasteiger partial charge >= 0.3 is 6.09 Å². The molecule has 1 amide bonds. The molecule has 0 saturated carbocycles. The molecule has 0 saturated heterocycles. The molecular formula is C12H14FNO2. The molecular weight excluding hydrogens is 209 g/mol. The molecule has 16 heavy (non-hydrogen) atoms. The number of amides is 1. The van der Waals surface area contributed by atoms with E-state index in [1.807, 2.05) is 25.1 Å². The van der Waals surface area contributed by atoms with E-state index in [1.165, 1.54) is 11.8 Å². The van der Waals surface area contributed by atoms with Gasteiger partial charge in [-0.15, -0.1) is 0 Å². The molecule has 0 spiro atoms. The van der Waals surface area contributed by atoms with Gasteiger partial charge in [-0.3, -0.25) is 4.90 Å². The minimum atomic E-state index is -1.94. The lowest BCUT2D eigenvalue weighted by molar-refractivity contribution is -0.0734. The Balaban J connectivity index is 2.54. The summed E-state index contributed by atoms with van der Waals surface area (Å²) in [5.74, 6) is -1.94. The molecule has 1 aromatic carbocycles. The van der Waals surface area contributed by atoms with Gasteiger partial charge in [-0.25, -0.2) is 4.79 Å². The normalized spacial score (nSPS) is 24.8. The summed E-state index contributed by atoms with van der Waals surface area (Å²) in [5.41, 5.74) is 2.52. The molecule has 0 radical (unpaired) electrons. The molecule has 1 aliphatic rings. The summed E-state index contributed by atoms with van der Waals surface area (Å²) in [6, 6.07) is 5.59. The van der Waals surface area contributed by atoms with Crippen LogP contribution in [0.15, 0.2) is 18.2 Å². The Hall–Kier alpha value is -1.58. The van der Waals surface area contributed by atoms with Crippen molar-refractivity contribution in [1.82, 2.24) is 0 Å². The van der Waals surface area contributed by atoms with Crippen molar-refractivity contribution in [1.29, 1.82) is 0 Å². The third-order valence-electron chi connectivity index (χ3n) is 2.68. The molecule has 1 atom stereocenters. The Labute approximate surface area is 93.8 Å². The fourth-order valence-corrected chi connectivity index (χ4v) is 1.86. The number of benzene rings is 1. The number of anilines is 1. The van der Waals surface area contributed by atoms with Crippen LogP contribution in [0, 0.1) is 6.92 Å². The second-order valence-electron chi connectivity index (χ2n) is 4.34. The van der Waals surface area contributed by atoms with Gasteiger partial charge in [0.25, 0.3) is 5.85 Å². The maximum Gasteiger partial charge on any atom is 0.416 e. The number of alkyl halides is 1. The predicted molar refractivity (Wildman–Crippen MR) is 59.3 cm³/mol. The second-order valence-corrected chi connectivity index (χ2v) is 4.34. The third kappa shape index (κ3) is 1.87. The first-order valence-corrected chi connectivity index (χ1v) is 5.14. The molecule has 0 bridgehead atoms. The van der Waals surface area contributed by atoms with Crippen molar-refractivity contribution in [2.45, 2.75) is 26.1 Å². The lowest BCUT2D eigenvalue weighted by Crippen LogP contribution is -2.32. The standard InChI is InChI=1S/C12H14FNO2/c1-8-4-5-9-7-12(2,13)16-11(15)14(3)10(9)6-8/h4-6H,7H2,1-3H3. The zero-order valence-corrected chi connectivity index (χ0v) is 9.58. The fraction of sp³-hybridized carbons (Fsp3) is 0.417. The first-order valence-electron chi connectivity index (χ1n) is 5.14. The Morgan fingerprint density at radius 3 is 2.88 bits per heavy atom. The van der Waals surface area contributed by atoms with Crippen LogP contribution in [-0.2, 0) is 11.2 Å². The van der Waals surface area contributed by atoms with E-state index in [0.717, 1.165) is 11.1 Å². The van der Waals surface area contributed by atoms with Crippen LogP contribution in [0.3, 0.4) is 0 Å². The highest BCUT2D eigenvalue weighted by atomic mass is 19.2. The second kappa shape index (κ2) is 3.47. The van der Waals surface area contributed by atoms with E-state index in [2.05, 4.69) is 0 Å². The minimum Gasteiger partial charge on any atom is -0.412 e. The first kappa shape index (κ1) is 10.9. The van der Waals surface area contributed by atoms with Crippen molar-refractivity contribution in [3.8, 4) is 0 Å². The highest BCUT2D eigenvalue weighted by molar-refractivity contribution is 5.89. The minimum absolute atomic E-state index is 0.0820. The van der Waals surface area contributed by atoms with Crippen LogP contribution in [0.4, 0.5) is 14.9 Å². The Morgan fingerprint density at radius 1 is 1.50 bits per heavy atom. The summed E-state index contributed by atoms with van der Waals surface area (Å²) in [6.07, 6.45) is -0.576. The topological polar surface area (TPSA) is 29.5 Å². The zero-order chi connectivity index (χ0) is 11.9. The maximum absolute atomic E-state index is 13.9. The molecule has 0 N–H and O–H groups in total. The number of carbonyl (C=O) groups excluding carboxylic acids is 1. The van der Waals surface area contributed by atoms with Gasteiger partial charge < -0.3 is 4.74 Å².